The Balaban J connectivity index is 1.50. The molecule has 1 aromatic carbocycles. The largest absolute Gasteiger partial charge is 0.407 e. The van der Waals surface area contributed by atoms with Gasteiger partial charge in [-0.25, -0.2) is 0 Å². The van der Waals surface area contributed by atoms with E-state index in [0.29, 0.717) is 31.0 Å². The van der Waals surface area contributed by atoms with Gasteiger partial charge in [-0.3, -0.25) is 0 Å². The SMILES string of the molecule is Cc1ccc(CNc2nnc(CNC3CC3)o2)cc1. The summed E-state index contributed by atoms with van der Waals surface area (Å²) in [7, 11) is 0. The van der Waals surface area contributed by atoms with E-state index in [1.165, 1.54) is 24.0 Å². The molecule has 1 fully saturated rings. The molecule has 0 bridgehead atoms. The summed E-state index contributed by atoms with van der Waals surface area (Å²) in [6.45, 7) is 3.43. The van der Waals surface area contributed by atoms with Crippen molar-refractivity contribution in [3.8, 4) is 0 Å². The molecule has 0 unspecified atom stereocenters. The first kappa shape index (κ1) is 12.2. The molecule has 5 nitrogen and oxygen atoms in total. The zero-order valence-corrected chi connectivity index (χ0v) is 11.0. The summed E-state index contributed by atoms with van der Waals surface area (Å²) in [4.78, 5) is 0. The monoisotopic (exact) mass is 258 g/mol. The fraction of sp³-hybridized carbons (Fsp3) is 0.429. The highest BCUT2D eigenvalue weighted by Crippen LogP contribution is 2.19. The van der Waals surface area contributed by atoms with Crippen LogP contribution < -0.4 is 10.6 Å². The lowest BCUT2D eigenvalue weighted by molar-refractivity contribution is 0.475. The normalized spacial score (nSPS) is 14.6. The van der Waals surface area contributed by atoms with Crippen LogP contribution >= 0.6 is 0 Å². The Morgan fingerprint density at radius 3 is 2.68 bits per heavy atom. The van der Waals surface area contributed by atoms with Gasteiger partial charge in [0.15, 0.2) is 0 Å². The highest BCUT2D eigenvalue weighted by molar-refractivity contribution is 5.26. The zero-order valence-electron chi connectivity index (χ0n) is 11.0. The lowest BCUT2D eigenvalue weighted by atomic mass is 10.1. The summed E-state index contributed by atoms with van der Waals surface area (Å²) in [5.41, 5.74) is 2.46. The minimum absolute atomic E-state index is 0.480. The molecule has 1 aromatic heterocycles. The number of nitrogens with zero attached hydrogens (tertiary/aromatic N) is 2. The van der Waals surface area contributed by atoms with Crippen molar-refractivity contribution in [2.75, 3.05) is 5.32 Å². The summed E-state index contributed by atoms with van der Waals surface area (Å²) in [6.07, 6.45) is 2.51. The number of benzene rings is 1. The second-order valence-corrected chi connectivity index (χ2v) is 5.00. The van der Waals surface area contributed by atoms with Crippen LogP contribution in [0.15, 0.2) is 28.7 Å². The third-order valence-corrected chi connectivity index (χ3v) is 3.15. The fourth-order valence-electron chi connectivity index (χ4n) is 1.80. The maximum atomic E-state index is 5.51. The second-order valence-electron chi connectivity index (χ2n) is 5.00. The predicted molar refractivity (Wildman–Crippen MR) is 72.7 cm³/mol. The molecule has 1 heterocycles. The molecule has 5 heteroatoms. The van der Waals surface area contributed by atoms with Crippen LogP contribution in [0.3, 0.4) is 0 Å². The first-order chi connectivity index (χ1) is 9.29. The minimum atomic E-state index is 0.480. The van der Waals surface area contributed by atoms with Gasteiger partial charge in [0.1, 0.15) is 0 Å². The molecule has 100 valence electrons. The number of hydrogen-bond donors (Lipinski definition) is 2. The second kappa shape index (κ2) is 5.40. The average molecular weight is 258 g/mol. The van der Waals surface area contributed by atoms with Crippen LogP contribution in [0.2, 0.25) is 0 Å². The van der Waals surface area contributed by atoms with Gasteiger partial charge in [-0.05, 0) is 25.3 Å². The van der Waals surface area contributed by atoms with Crippen LogP contribution in [0.5, 0.6) is 0 Å². The summed E-state index contributed by atoms with van der Waals surface area (Å²) >= 11 is 0. The van der Waals surface area contributed by atoms with E-state index >= 15 is 0 Å². The van der Waals surface area contributed by atoms with Crippen LogP contribution in [0.1, 0.15) is 29.9 Å². The van der Waals surface area contributed by atoms with Crippen molar-refractivity contribution in [1.82, 2.24) is 15.5 Å². The van der Waals surface area contributed by atoms with Gasteiger partial charge in [-0.1, -0.05) is 34.9 Å². The lowest BCUT2D eigenvalue weighted by Crippen LogP contribution is -2.15. The maximum absolute atomic E-state index is 5.51. The molecular weight excluding hydrogens is 240 g/mol. The number of rotatable bonds is 6. The Morgan fingerprint density at radius 1 is 1.16 bits per heavy atom. The molecule has 0 amide bonds. The van der Waals surface area contributed by atoms with Gasteiger partial charge in [0, 0.05) is 12.6 Å². The number of aryl methyl sites for hydroxylation is 1. The third kappa shape index (κ3) is 3.54. The topological polar surface area (TPSA) is 63.0 Å². The van der Waals surface area contributed by atoms with Crippen LogP contribution in [0, 0.1) is 6.92 Å². The van der Waals surface area contributed by atoms with Crippen molar-refractivity contribution in [3.05, 3.63) is 41.3 Å². The van der Waals surface area contributed by atoms with Gasteiger partial charge in [-0.15, -0.1) is 5.10 Å². The van der Waals surface area contributed by atoms with Crippen molar-refractivity contribution < 1.29 is 4.42 Å². The van der Waals surface area contributed by atoms with Gasteiger partial charge in [0.25, 0.3) is 0 Å². The summed E-state index contributed by atoms with van der Waals surface area (Å²) in [6, 6.07) is 9.50. The van der Waals surface area contributed by atoms with E-state index in [1.54, 1.807) is 0 Å². The zero-order chi connectivity index (χ0) is 13.1. The quantitative estimate of drug-likeness (QED) is 0.832. The lowest BCUT2D eigenvalue weighted by Gasteiger charge is -2.02. The Labute approximate surface area is 112 Å². The summed E-state index contributed by atoms with van der Waals surface area (Å²) < 4.78 is 5.51. The number of anilines is 1. The first-order valence-electron chi connectivity index (χ1n) is 6.65. The fourth-order valence-corrected chi connectivity index (χ4v) is 1.80. The van der Waals surface area contributed by atoms with Crippen LogP contribution in [-0.4, -0.2) is 16.2 Å². The minimum Gasteiger partial charge on any atom is -0.407 e. The third-order valence-electron chi connectivity index (χ3n) is 3.15. The van der Waals surface area contributed by atoms with Crippen molar-refractivity contribution >= 4 is 6.01 Å². The summed E-state index contributed by atoms with van der Waals surface area (Å²) in [5.74, 6) is 0.637. The van der Waals surface area contributed by atoms with Crippen molar-refractivity contribution in [3.63, 3.8) is 0 Å². The van der Waals surface area contributed by atoms with Crippen LogP contribution in [0.4, 0.5) is 6.01 Å². The molecule has 0 atom stereocenters. The van der Waals surface area contributed by atoms with Crippen LogP contribution in [0.25, 0.3) is 0 Å². The Morgan fingerprint density at radius 2 is 1.95 bits per heavy atom. The number of hydrogen-bond acceptors (Lipinski definition) is 5. The van der Waals surface area contributed by atoms with E-state index in [1.807, 2.05) is 0 Å². The van der Waals surface area contributed by atoms with Crippen molar-refractivity contribution in [2.24, 2.45) is 0 Å². The molecular formula is C14H18N4O. The van der Waals surface area contributed by atoms with Gasteiger partial charge in [0.05, 0.1) is 6.54 Å². The van der Waals surface area contributed by atoms with Crippen LogP contribution in [-0.2, 0) is 13.1 Å². The number of nitrogens with one attached hydrogen (secondary N) is 2. The van der Waals surface area contributed by atoms with Crippen molar-refractivity contribution in [2.45, 2.75) is 38.9 Å². The van der Waals surface area contributed by atoms with Crippen molar-refractivity contribution in [1.29, 1.82) is 0 Å². The molecule has 0 aliphatic heterocycles. The first-order valence-corrected chi connectivity index (χ1v) is 6.65. The smallest absolute Gasteiger partial charge is 0.315 e. The van der Waals surface area contributed by atoms with Gasteiger partial charge < -0.3 is 15.1 Å². The van der Waals surface area contributed by atoms with E-state index in [4.69, 9.17) is 4.42 Å². The highest BCUT2D eigenvalue weighted by atomic mass is 16.4. The Hall–Kier alpha value is -1.88. The van der Waals surface area contributed by atoms with Gasteiger partial charge in [0.2, 0.25) is 5.89 Å². The van der Waals surface area contributed by atoms with E-state index in [9.17, 15) is 0 Å². The molecule has 2 aromatic rings. The van der Waals surface area contributed by atoms with E-state index in [0.717, 1.165) is 0 Å². The molecule has 1 aliphatic rings. The van der Waals surface area contributed by atoms with E-state index in [-0.39, 0.29) is 0 Å². The molecule has 1 aliphatic carbocycles. The van der Waals surface area contributed by atoms with E-state index < -0.39 is 0 Å². The van der Waals surface area contributed by atoms with Gasteiger partial charge >= 0.3 is 6.01 Å². The molecule has 0 radical (unpaired) electrons. The molecule has 3 rings (SSSR count). The molecule has 0 saturated heterocycles. The number of aromatic nitrogens is 2. The Bertz CT molecular complexity index is 531. The average Bonchev–Trinajstić information content (AvgIpc) is 3.15. The maximum Gasteiger partial charge on any atom is 0.315 e. The predicted octanol–water partition coefficient (Wildman–Crippen LogP) is 2.24. The molecule has 19 heavy (non-hydrogen) atoms. The van der Waals surface area contributed by atoms with Gasteiger partial charge in [-0.2, -0.15) is 0 Å². The highest BCUT2D eigenvalue weighted by Gasteiger charge is 2.21. The Kier molecular flexibility index (Phi) is 3.46. The standard InChI is InChI=1S/C14H18N4O/c1-10-2-4-11(5-3-10)8-16-14-18-17-13(19-14)9-15-12-6-7-12/h2-5,12,15H,6-9H2,1H3,(H,16,18). The molecule has 2 N–H and O–H groups in total. The van der Waals surface area contributed by atoms with E-state index in [2.05, 4.69) is 52.0 Å². The molecule has 1 saturated carbocycles. The molecule has 0 spiro atoms. The summed E-state index contributed by atoms with van der Waals surface area (Å²) in [5, 5.41) is 14.5.